The van der Waals surface area contributed by atoms with Crippen molar-refractivity contribution in [1.29, 1.82) is 0 Å². The maximum absolute atomic E-state index is 9.57. The molecule has 32 nitrogen and oxygen atoms in total. The molecule has 12 aromatic rings. The first-order chi connectivity index (χ1) is 57.1. The number of methoxy groups -OCH3 is 2. The summed E-state index contributed by atoms with van der Waals surface area (Å²) in [5.41, 5.74) is 8.93. The summed E-state index contributed by atoms with van der Waals surface area (Å²) in [5.74, 6) is 4.58. The molecule has 14 rings (SSSR count). The van der Waals surface area contributed by atoms with E-state index in [4.69, 9.17) is 143 Å². The molecule has 0 aliphatic carbocycles. The molecule has 0 amide bonds. The Labute approximate surface area is 774 Å². The van der Waals surface area contributed by atoms with Crippen molar-refractivity contribution in [3.8, 4) is 40.4 Å². The maximum atomic E-state index is 9.57. The number of anilines is 4. The third kappa shape index (κ3) is 44.7. The number of hydrogen-bond acceptors (Lipinski definition) is 25. The number of nitrogens with one attached hydrogen (secondary N) is 4. The molecular weight excluding hydrogens is 1880 g/mol. The van der Waals surface area contributed by atoms with Gasteiger partial charge in [0, 0.05) is 157 Å². The van der Waals surface area contributed by atoms with Gasteiger partial charge in [0.15, 0.2) is 11.6 Å². The number of nitrogens with two attached hydrogens (primary N) is 1. The van der Waals surface area contributed by atoms with Crippen molar-refractivity contribution in [3.63, 3.8) is 0 Å². The Morgan fingerprint density at radius 2 is 0.927 bits per heavy atom. The van der Waals surface area contributed by atoms with Crippen molar-refractivity contribution in [3.05, 3.63) is 189 Å². The number of H-pyrrole nitrogens is 1. The fraction of sp³-hybridized carbons (Fsp3) is 0.329. The second-order valence-corrected chi connectivity index (χ2v) is 36.3. The van der Waals surface area contributed by atoms with E-state index in [2.05, 4.69) is 123 Å². The molecule has 5 aromatic carbocycles. The maximum Gasteiger partial charge on any atom is 0.394 e. The number of phenols is 2. The summed E-state index contributed by atoms with van der Waals surface area (Å²) in [6.45, 7) is 22.3. The molecule has 12 N–H and O–H groups in total. The molecule has 0 atom stereocenters. The number of carboxylic acids is 2. The van der Waals surface area contributed by atoms with E-state index < -0.39 is 34.0 Å². The predicted octanol–water partition coefficient (Wildman–Crippen LogP) is 20.5. The highest BCUT2D eigenvalue weighted by molar-refractivity contribution is 8.24. The predicted molar refractivity (Wildman–Crippen MR) is 504 cm³/mol. The van der Waals surface area contributed by atoms with Crippen LogP contribution in [0.1, 0.15) is 62.8 Å². The van der Waals surface area contributed by atoms with Crippen LogP contribution in [0.3, 0.4) is 0 Å². The fourth-order valence-corrected chi connectivity index (χ4v) is 12.0. The molecular formula is C79H100Cl11N16O16PS. The molecule has 124 heavy (non-hydrogen) atoms. The summed E-state index contributed by atoms with van der Waals surface area (Å²) < 4.78 is 71.0. The lowest BCUT2D eigenvalue weighted by molar-refractivity contribution is -0.147. The average molecular weight is 1980 g/mol. The molecule has 7 aromatic heterocycles. The third-order valence-corrected chi connectivity index (χ3v) is 17.0. The molecule has 0 bridgehead atoms. The zero-order valence-corrected chi connectivity index (χ0v) is 76.8. The van der Waals surface area contributed by atoms with Crippen LogP contribution in [0, 0.1) is 0 Å². The first-order valence-electron chi connectivity index (χ1n) is 36.2. The number of fused-ring (bicyclic) bond motifs is 4. The van der Waals surface area contributed by atoms with Crippen molar-refractivity contribution in [2.45, 2.75) is 80.9 Å². The van der Waals surface area contributed by atoms with E-state index in [9.17, 15) is 24.4 Å². The van der Waals surface area contributed by atoms with Crippen molar-refractivity contribution in [2.75, 3.05) is 114 Å². The van der Waals surface area contributed by atoms with Crippen LogP contribution in [0.2, 0.25) is 30.4 Å². The van der Waals surface area contributed by atoms with E-state index in [0.717, 1.165) is 145 Å². The number of halogens is 11. The molecule has 0 unspecified atom stereocenters. The Morgan fingerprint density at radius 3 is 1.31 bits per heavy atom. The van der Waals surface area contributed by atoms with E-state index in [0.29, 0.717) is 77.8 Å². The van der Waals surface area contributed by atoms with E-state index >= 15 is 0 Å². The topological polar surface area (TPSA) is 437 Å². The number of aromatic nitrogens is 10. The summed E-state index contributed by atoms with van der Waals surface area (Å²) in [7, 11) is -1.44. The van der Waals surface area contributed by atoms with E-state index in [1.807, 2.05) is 99.0 Å². The van der Waals surface area contributed by atoms with Crippen molar-refractivity contribution >= 4 is 222 Å². The zero-order chi connectivity index (χ0) is 89.5. The lowest BCUT2D eigenvalue weighted by Gasteiger charge is -2.26. The number of nitrogens with zero attached hydrogens (tertiary/aromatic N) is 11. The summed E-state index contributed by atoms with van der Waals surface area (Å²) >= 11 is 55.6. The molecule has 2 aliphatic heterocycles. The summed E-state index contributed by atoms with van der Waals surface area (Å²) in [5, 5.41) is 62.5. The molecule has 0 spiro atoms. The standard InChI is InChI=1S/C21H26ClN5O2.C15H15ClN4O.C10H7Cl2NO.C9H5Cl2NO.C7H9NO.C6H12ClNO.C6H11N3.C3H4O4.2CH4.Cl3OP.ClH.H2O4S/c1-15(2)23-20-5-6-27(25-20)21-14-18(22)17-4-3-16(13-19(17)24-21)29-12-9-26-7-10-28-11-8-26;1-9(2)17-14-5-6-20(19-14)15-8-12(16)11-4-3-10(21)7-13(11)18-15;1-14-6-2-3-7-8(11)5-10(12)13-9(7)4-6;10-7-4-9(11)12-8-3-5(13)1-2-6(7)8;1-9-7-4-2-3-6(8)5-7;7-1-2-8-3-5-9-6-4-8;1-5(2)8-6-3-4-7-9-6;4-2(5)1-3(6)7;;;1-5(2,3)4;;1-5(2,3)4/h3-6,13-15H,7-12H2,1-2H3,(H,23,25);3-9,21H,1-2H3,(H,17,19);2-5H,1H3;1-4,13H;2-5H,8H2,1H3;1-6H2;3-5H,1-2H3,(H2,7,8,9);1H2,(H,4,5)(H,6,7);2*1H4;;1H;(H2,1,2,3,4). The van der Waals surface area contributed by atoms with Gasteiger partial charge in [0.25, 0.3) is 0 Å². The van der Waals surface area contributed by atoms with Crippen LogP contribution in [0.4, 0.5) is 23.1 Å². The van der Waals surface area contributed by atoms with Crippen LogP contribution in [-0.2, 0) is 34.0 Å². The number of hydrogen-bond donors (Lipinski definition) is 11. The molecule has 680 valence electrons. The van der Waals surface area contributed by atoms with Gasteiger partial charge in [0.1, 0.15) is 69.5 Å². The summed E-state index contributed by atoms with van der Waals surface area (Å²) in [4.78, 5) is 40.9. The van der Waals surface area contributed by atoms with Gasteiger partial charge in [-0.2, -0.15) is 13.5 Å². The number of alkyl halides is 1. The van der Waals surface area contributed by atoms with Gasteiger partial charge >= 0.3 is 27.5 Å². The van der Waals surface area contributed by atoms with E-state index in [1.165, 1.54) is 6.07 Å². The Bertz CT molecular complexity index is 5360. The number of rotatable bonds is 18. The van der Waals surface area contributed by atoms with Crippen LogP contribution in [0.15, 0.2) is 158 Å². The second kappa shape index (κ2) is 57.4. The van der Waals surface area contributed by atoms with Crippen molar-refractivity contribution < 1.29 is 75.8 Å². The molecule has 9 heterocycles. The number of aliphatic carboxylic acids is 2. The number of ether oxygens (including phenoxy) is 5. The number of carboxylic acid groups (broad SMARTS) is 2. The Hall–Kier alpha value is -8.36. The number of nitrogen functional groups attached to an aromatic ring is 1. The Morgan fingerprint density at radius 1 is 0.548 bits per heavy atom. The summed E-state index contributed by atoms with van der Waals surface area (Å²) in [6, 6.07) is 41.9. The number of benzene rings is 5. The largest absolute Gasteiger partial charge is 0.508 e. The van der Waals surface area contributed by atoms with Crippen LogP contribution in [0.25, 0.3) is 55.2 Å². The number of phenolic OH excluding ortho intramolecular Hbond substituents is 2. The van der Waals surface area contributed by atoms with Crippen LogP contribution < -0.4 is 35.9 Å². The quantitative estimate of drug-likeness (QED) is 0.00949. The van der Waals surface area contributed by atoms with Crippen LogP contribution >= 0.6 is 133 Å². The number of aromatic amines is 1. The first kappa shape index (κ1) is 112. The van der Waals surface area contributed by atoms with Gasteiger partial charge in [-0.3, -0.25) is 38.2 Å². The molecule has 2 aliphatic rings. The van der Waals surface area contributed by atoms with E-state index in [1.54, 1.807) is 90.4 Å². The van der Waals surface area contributed by atoms with Gasteiger partial charge in [-0.25, -0.2) is 29.3 Å². The minimum Gasteiger partial charge on any atom is -0.508 e. The van der Waals surface area contributed by atoms with Crippen molar-refractivity contribution in [2.24, 2.45) is 0 Å². The highest BCUT2D eigenvalue weighted by Crippen LogP contribution is 2.61. The Balaban J connectivity index is 0.000000490. The number of carbonyl (C=O) groups is 2. The Kier molecular flexibility index (Phi) is 51.7. The van der Waals surface area contributed by atoms with Crippen LogP contribution in [-0.4, -0.2) is 220 Å². The van der Waals surface area contributed by atoms with Gasteiger partial charge in [0.2, 0.25) is 0 Å². The average Bonchev–Trinajstić information content (AvgIpc) is 1.39. The number of pyridine rings is 4. The highest BCUT2D eigenvalue weighted by atomic mass is 36.0. The normalized spacial score (nSPS) is 12.2. The van der Waals surface area contributed by atoms with Crippen LogP contribution in [0.5, 0.6) is 28.7 Å². The third-order valence-electron chi connectivity index (χ3n) is 15.2. The number of morpholine rings is 2. The molecule has 2 saturated heterocycles. The SMILES string of the molecule is C.C.CC(C)Nc1ccn(-c2cc(Cl)c3ccc(O)cc3n2)n1.CC(C)Nc1ccn(-c2cc(Cl)c3ccc(OCCN4CCOCC4)cc3n2)n1.CC(C)Nc1ccn[nH]1.COc1ccc2c(Cl)cc(Cl)nc2c1.COc1cccc(N)c1.Cl.ClCCN1CCOCC1.O=C(O)CC(=O)O.O=P(Cl)(Cl)Cl.O=S(=O)(O)O.Oc1ccc2c(Cl)cc(Cl)nc2c1. The van der Waals surface area contributed by atoms with Crippen molar-refractivity contribution in [1.82, 2.24) is 59.5 Å². The minimum atomic E-state index is -4.67. The number of aromatic hydroxyl groups is 2. The smallest absolute Gasteiger partial charge is 0.394 e. The fourth-order valence-electron chi connectivity index (χ4n) is 10.2. The molecule has 0 radical (unpaired) electrons. The van der Waals surface area contributed by atoms with E-state index in [-0.39, 0.29) is 38.8 Å². The van der Waals surface area contributed by atoms with Gasteiger partial charge in [0.05, 0.1) is 89.0 Å². The lowest BCUT2D eigenvalue weighted by Crippen LogP contribution is -2.38. The van der Waals surface area contributed by atoms with Gasteiger partial charge in [-0.1, -0.05) is 90.5 Å². The minimum absolute atomic E-state index is 0. The highest BCUT2D eigenvalue weighted by Gasteiger charge is 2.15. The molecule has 45 heteroatoms. The van der Waals surface area contributed by atoms with Gasteiger partial charge < -0.3 is 65.8 Å². The molecule has 0 saturated carbocycles. The molecule has 2 fully saturated rings. The first-order valence-corrected chi connectivity index (χ1v) is 44.8. The van der Waals surface area contributed by atoms with Gasteiger partial charge in [-0.15, -0.1) is 34.2 Å². The zero-order valence-electron chi connectivity index (χ0n) is 66.7. The summed E-state index contributed by atoms with van der Waals surface area (Å²) in [6.07, 6.45) is 4.61. The lowest BCUT2D eigenvalue weighted by atomic mass is 10.2. The van der Waals surface area contributed by atoms with Gasteiger partial charge in [-0.05, 0) is 154 Å². The second-order valence-electron chi connectivity index (χ2n) is 25.9. The monoisotopic (exact) mass is 1980 g/mol.